The quantitative estimate of drug-likeness (QED) is 0.662. The van der Waals surface area contributed by atoms with Crippen LogP contribution in [0.2, 0.25) is 0 Å². The summed E-state index contributed by atoms with van der Waals surface area (Å²) in [5.74, 6) is -1.35. The maximum absolute atomic E-state index is 12.8. The number of nitrogen functional groups attached to an aromatic ring is 1. The molecule has 0 saturated carbocycles. The first kappa shape index (κ1) is 13.0. The zero-order valence-electron chi connectivity index (χ0n) is 9.58. The van der Waals surface area contributed by atoms with Crippen LogP contribution in [0.3, 0.4) is 0 Å². The van der Waals surface area contributed by atoms with Crippen LogP contribution in [0, 0.1) is 5.82 Å². The Morgan fingerprint density at radius 2 is 2.06 bits per heavy atom. The van der Waals surface area contributed by atoms with Crippen molar-refractivity contribution < 1.29 is 14.0 Å². The van der Waals surface area contributed by atoms with Crippen molar-refractivity contribution in [3.8, 4) is 0 Å². The van der Waals surface area contributed by atoms with E-state index in [1.807, 2.05) is 0 Å². The highest BCUT2D eigenvalue weighted by Crippen LogP contribution is 2.13. The van der Waals surface area contributed by atoms with Crippen molar-refractivity contribution in [1.29, 1.82) is 0 Å². The molecule has 0 aromatic heterocycles. The number of amides is 2. The minimum absolute atomic E-state index is 0.0339. The van der Waals surface area contributed by atoms with Crippen molar-refractivity contribution in [3.63, 3.8) is 0 Å². The zero-order valence-corrected chi connectivity index (χ0v) is 9.58. The van der Waals surface area contributed by atoms with Crippen LogP contribution >= 0.6 is 0 Å². The third-order valence-corrected chi connectivity index (χ3v) is 2.25. The lowest BCUT2D eigenvalue weighted by molar-refractivity contribution is -0.122. The summed E-state index contributed by atoms with van der Waals surface area (Å²) in [5, 5.41) is 4.85. The molecule has 0 radical (unpaired) electrons. The lowest BCUT2D eigenvalue weighted by Crippen LogP contribution is -2.43. The van der Waals surface area contributed by atoms with Gasteiger partial charge in [0.15, 0.2) is 0 Å². The first-order valence-electron chi connectivity index (χ1n) is 5.03. The molecule has 0 spiro atoms. The maximum Gasteiger partial charge on any atom is 0.254 e. The topological polar surface area (TPSA) is 84.2 Å². The normalized spacial score (nSPS) is 11.7. The van der Waals surface area contributed by atoms with Crippen molar-refractivity contribution in [1.82, 2.24) is 10.6 Å². The number of likely N-dealkylation sites (N-methyl/N-ethyl adjacent to an activating group) is 1. The number of nitrogens with one attached hydrogen (secondary N) is 2. The highest BCUT2D eigenvalue weighted by Gasteiger charge is 2.16. The van der Waals surface area contributed by atoms with Gasteiger partial charge in [0.05, 0.1) is 5.56 Å². The minimum atomic E-state index is -0.683. The van der Waals surface area contributed by atoms with E-state index in [0.29, 0.717) is 0 Å². The van der Waals surface area contributed by atoms with Crippen LogP contribution < -0.4 is 16.4 Å². The van der Waals surface area contributed by atoms with Gasteiger partial charge in [-0.05, 0) is 25.1 Å². The van der Waals surface area contributed by atoms with E-state index < -0.39 is 17.8 Å². The van der Waals surface area contributed by atoms with Gasteiger partial charge in [-0.2, -0.15) is 0 Å². The maximum atomic E-state index is 12.8. The van der Waals surface area contributed by atoms with Crippen molar-refractivity contribution in [2.45, 2.75) is 13.0 Å². The molecule has 0 heterocycles. The lowest BCUT2D eigenvalue weighted by Gasteiger charge is -2.13. The molecule has 0 bridgehead atoms. The summed E-state index contributed by atoms with van der Waals surface area (Å²) in [6.07, 6.45) is 0. The van der Waals surface area contributed by atoms with Gasteiger partial charge in [0.25, 0.3) is 5.91 Å². The van der Waals surface area contributed by atoms with Gasteiger partial charge in [-0.25, -0.2) is 4.39 Å². The number of nitrogens with two attached hydrogens (primary N) is 1. The van der Waals surface area contributed by atoms with Crippen molar-refractivity contribution in [2.24, 2.45) is 0 Å². The highest BCUT2D eigenvalue weighted by atomic mass is 19.1. The molecule has 4 N–H and O–H groups in total. The number of carbonyl (C=O) groups is 2. The van der Waals surface area contributed by atoms with E-state index in [1.54, 1.807) is 0 Å². The zero-order chi connectivity index (χ0) is 13.0. The summed E-state index contributed by atoms with van der Waals surface area (Å²) in [6, 6.07) is 2.78. The number of anilines is 1. The van der Waals surface area contributed by atoms with E-state index in [2.05, 4.69) is 10.6 Å². The van der Waals surface area contributed by atoms with Crippen molar-refractivity contribution in [3.05, 3.63) is 29.6 Å². The molecule has 17 heavy (non-hydrogen) atoms. The van der Waals surface area contributed by atoms with Crippen LogP contribution in [-0.2, 0) is 4.79 Å². The van der Waals surface area contributed by atoms with E-state index in [0.717, 1.165) is 12.1 Å². The van der Waals surface area contributed by atoms with Crippen molar-refractivity contribution >= 4 is 17.5 Å². The Balaban J connectivity index is 2.80. The predicted molar refractivity (Wildman–Crippen MR) is 61.8 cm³/mol. The second-order valence-corrected chi connectivity index (χ2v) is 3.54. The fourth-order valence-corrected chi connectivity index (χ4v) is 1.30. The van der Waals surface area contributed by atoms with Gasteiger partial charge >= 0.3 is 0 Å². The molecular weight excluding hydrogens is 225 g/mol. The van der Waals surface area contributed by atoms with Crippen LogP contribution in [0.15, 0.2) is 18.2 Å². The summed E-state index contributed by atoms with van der Waals surface area (Å²) in [5.41, 5.74) is 5.68. The summed E-state index contributed by atoms with van der Waals surface area (Å²) >= 11 is 0. The molecule has 1 aromatic rings. The van der Waals surface area contributed by atoms with Gasteiger partial charge in [0.2, 0.25) is 5.91 Å². The highest BCUT2D eigenvalue weighted by molar-refractivity contribution is 6.01. The molecule has 1 atom stereocenters. The first-order valence-corrected chi connectivity index (χ1v) is 5.03. The van der Waals surface area contributed by atoms with Crippen LogP contribution in [0.1, 0.15) is 17.3 Å². The monoisotopic (exact) mass is 239 g/mol. The van der Waals surface area contributed by atoms with E-state index in [1.165, 1.54) is 20.0 Å². The predicted octanol–water partition coefficient (Wildman–Crippen LogP) is 0.272. The molecule has 1 unspecified atom stereocenters. The van der Waals surface area contributed by atoms with Gasteiger partial charge in [-0.15, -0.1) is 0 Å². The number of hydrogen-bond acceptors (Lipinski definition) is 3. The fourth-order valence-electron chi connectivity index (χ4n) is 1.30. The van der Waals surface area contributed by atoms with Crippen LogP contribution in [0.5, 0.6) is 0 Å². The second-order valence-electron chi connectivity index (χ2n) is 3.54. The molecular formula is C11H14FN3O2. The SMILES string of the molecule is CNC(=O)C(C)NC(=O)c1ccc(F)cc1N. The molecule has 0 aliphatic rings. The largest absolute Gasteiger partial charge is 0.398 e. The van der Waals surface area contributed by atoms with Crippen LogP contribution in [-0.4, -0.2) is 24.9 Å². The standard InChI is InChI=1S/C11H14FN3O2/c1-6(10(16)14-2)15-11(17)8-4-3-7(12)5-9(8)13/h3-6H,13H2,1-2H3,(H,14,16)(H,15,17). The van der Waals surface area contributed by atoms with Crippen LogP contribution in [0.25, 0.3) is 0 Å². The van der Waals surface area contributed by atoms with E-state index >= 15 is 0 Å². The van der Waals surface area contributed by atoms with Gasteiger partial charge in [0, 0.05) is 12.7 Å². The van der Waals surface area contributed by atoms with Crippen LogP contribution in [0.4, 0.5) is 10.1 Å². The molecule has 92 valence electrons. The van der Waals surface area contributed by atoms with Gasteiger partial charge in [0.1, 0.15) is 11.9 Å². The Bertz CT molecular complexity index is 448. The first-order chi connectivity index (χ1) is 7.95. The van der Waals surface area contributed by atoms with E-state index in [-0.39, 0.29) is 17.2 Å². The Hall–Kier alpha value is -2.11. The minimum Gasteiger partial charge on any atom is -0.398 e. The molecule has 0 aliphatic heterocycles. The Kier molecular flexibility index (Phi) is 4.03. The second kappa shape index (κ2) is 5.29. The molecule has 0 saturated heterocycles. The van der Waals surface area contributed by atoms with Gasteiger partial charge in [-0.1, -0.05) is 0 Å². The average molecular weight is 239 g/mol. The summed E-state index contributed by atoms with van der Waals surface area (Å²) < 4.78 is 12.8. The van der Waals surface area contributed by atoms with Gasteiger partial charge in [-0.3, -0.25) is 9.59 Å². The van der Waals surface area contributed by atoms with Crippen molar-refractivity contribution in [2.75, 3.05) is 12.8 Å². The van der Waals surface area contributed by atoms with E-state index in [4.69, 9.17) is 5.73 Å². The number of carbonyl (C=O) groups excluding carboxylic acids is 2. The number of halogens is 1. The molecule has 1 rings (SSSR count). The molecule has 2 amide bonds. The fraction of sp³-hybridized carbons (Fsp3) is 0.273. The number of rotatable bonds is 3. The summed E-state index contributed by atoms with van der Waals surface area (Å²) in [4.78, 5) is 22.9. The smallest absolute Gasteiger partial charge is 0.254 e. The molecule has 1 aromatic carbocycles. The lowest BCUT2D eigenvalue weighted by atomic mass is 10.1. The Morgan fingerprint density at radius 1 is 1.41 bits per heavy atom. The summed E-state index contributed by atoms with van der Waals surface area (Å²) in [7, 11) is 1.47. The molecule has 0 aliphatic carbocycles. The number of benzene rings is 1. The Labute approximate surface area is 98.2 Å². The molecule has 6 heteroatoms. The Morgan fingerprint density at radius 3 is 2.59 bits per heavy atom. The number of hydrogen-bond donors (Lipinski definition) is 3. The van der Waals surface area contributed by atoms with E-state index in [9.17, 15) is 14.0 Å². The average Bonchev–Trinajstić information content (AvgIpc) is 2.27. The third-order valence-electron chi connectivity index (χ3n) is 2.25. The molecule has 0 fully saturated rings. The summed E-state index contributed by atoms with van der Waals surface area (Å²) in [6.45, 7) is 1.54. The molecule has 5 nitrogen and oxygen atoms in total. The van der Waals surface area contributed by atoms with Gasteiger partial charge < -0.3 is 16.4 Å². The third kappa shape index (κ3) is 3.17.